The molecule has 0 N–H and O–H groups in total. The molecule has 78 valence electrons. The van der Waals surface area contributed by atoms with Crippen molar-refractivity contribution in [2.45, 2.75) is 18.5 Å². The van der Waals surface area contributed by atoms with E-state index in [9.17, 15) is 8.42 Å². The Kier molecular flexibility index (Phi) is 2.71. The highest BCUT2D eigenvalue weighted by atomic mass is 32.2. The molecule has 1 rings (SSSR count). The van der Waals surface area contributed by atoms with Gasteiger partial charge in [-0.15, -0.1) is 0 Å². The second-order valence-electron chi connectivity index (χ2n) is 4.63. The molecule has 0 bridgehead atoms. The number of quaternary nitrogens is 1. The van der Waals surface area contributed by atoms with Crippen molar-refractivity contribution >= 4 is 9.84 Å². The lowest BCUT2D eigenvalue weighted by Crippen LogP contribution is -2.42. The number of rotatable bonds is 2. The molecule has 0 unspecified atom stereocenters. The predicted molar refractivity (Wildman–Crippen MR) is 51.0 cm³/mol. The first-order valence-electron chi connectivity index (χ1n) is 4.38. The average molecular weight is 208 g/mol. The highest BCUT2D eigenvalue weighted by molar-refractivity contribution is 7.92. The fourth-order valence-electron chi connectivity index (χ4n) is 1.50. The van der Waals surface area contributed by atoms with Crippen LogP contribution in [0.4, 0.5) is 0 Å². The lowest BCUT2D eigenvalue weighted by atomic mass is 10.3. The van der Waals surface area contributed by atoms with Crippen LogP contribution in [0.25, 0.3) is 0 Å². The molecular formula is C8H18NO3S+. The first-order chi connectivity index (χ1) is 5.71. The molecule has 0 spiro atoms. The summed E-state index contributed by atoms with van der Waals surface area (Å²) < 4.78 is 28.7. The zero-order valence-corrected chi connectivity index (χ0v) is 9.47. The lowest BCUT2D eigenvalue weighted by Gasteiger charge is -2.26. The first-order valence-corrected chi connectivity index (χ1v) is 6.10. The summed E-state index contributed by atoms with van der Waals surface area (Å²) in [5.74, 6) is 0.170. The number of sulfone groups is 1. The van der Waals surface area contributed by atoms with E-state index in [1.54, 1.807) is 6.92 Å². The van der Waals surface area contributed by atoms with Crippen LogP contribution in [0.1, 0.15) is 6.92 Å². The summed E-state index contributed by atoms with van der Waals surface area (Å²) in [4.78, 5) is 0. The number of ether oxygens (including phenoxy) is 1. The molecule has 1 saturated heterocycles. The molecule has 1 aliphatic rings. The Labute approximate surface area is 80.0 Å². The fraction of sp³-hybridized carbons (Fsp3) is 1.00. The molecule has 1 aliphatic heterocycles. The van der Waals surface area contributed by atoms with E-state index in [2.05, 4.69) is 0 Å². The quantitative estimate of drug-likeness (QED) is 0.593. The van der Waals surface area contributed by atoms with Crippen LogP contribution < -0.4 is 0 Å². The maximum absolute atomic E-state index is 11.3. The molecule has 0 aromatic heterocycles. The molecule has 5 heteroatoms. The number of nitrogens with zero attached hydrogens (tertiary/aromatic N) is 1. The number of likely N-dealkylation sites (N-methyl/N-ethyl adjacent to an activating group) is 1. The van der Waals surface area contributed by atoms with Gasteiger partial charge in [-0.3, -0.25) is 0 Å². The molecule has 0 saturated carbocycles. The van der Waals surface area contributed by atoms with E-state index in [-0.39, 0.29) is 11.9 Å². The van der Waals surface area contributed by atoms with Gasteiger partial charge in [0.1, 0.15) is 12.6 Å². The minimum atomic E-state index is -2.98. The normalized spacial score (nSPS) is 33.5. The second-order valence-corrected chi connectivity index (χ2v) is 6.95. The maximum Gasteiger partial charge on any atom is 0.179 e. The van der Waals surface area contributed by atoms with Crippen molar-refractivity contribution in [2.75, 3.05) is 33.4 Å². The standard InChI is InChI=1S/C8H18NO3S/c1-7-12-8(5-9(2,3)4)6-13(7,10)11/h7-8H,5-6H2,1-4H3/q+1/t7-,8-/m1/s1. The molecule has 0 aliphatic carbocycles. The number of hydrogen-bond donors (Lipinski definition) is 0. The van der Waals surface area contributed by atoms with Crippen LogP contribution in [0.3, 0.4) is 0 Å². The third kappa shape index (κ3) is 2.93. The minimum absolute atomic E-state index is 0.139. The Balaban J connectivity index is 2.61. The summed E-state index contributed by atoms with van der Waals surface area (Å²) in [6.45, 7) is 2.34. The van der Waals surface area contributed by atoms with Gasteiger partial charge < -0.3 is 9.22 Å². The van der Waals surface area contributed by atoms with E-state index in [1.807, 2.05) is 21.1 Å². The molecule has 1 fully saturated rings. The molecule has 4 nitrogen and oxygen atoms in total. The van der Waals surface area contributed by atoms with Gasteiger partial charge in [0.25, 0.3) is 0 Å². The fourth-order valence-corrected chi connectivity index (χ4v) is 2.80. The molecule has 0 aromatic carbocycles. The molecular weight excluding hydrogens is 190 g/mol. The summed E-state index contributed by atoms with van der Waals surface area (Å²) in [5.41, 5.74) is -0.621. The third-order valence-electron chi connectivity index (χ3n) is 2.06. The van der Waals surface area contributed by atoms with Crippen LogP contribution >= 0.6 is 0 Å². The van der Waals surface area contributed by atoms with Gasteiger partial charge >= 0.3 is 0 Å². The van der Waals surface area contributed by atoms with Crippen molar-refractivity contribution in [3.63, 3.8) is 0 Å². The van der Waals surface area contributed by atoms with Crippen molar-refractivity contribution in [3.05, 3.63) is 0 Å². The van der Waals surface area contributed by atoms with Crippen LogP contribution in [0.15, 0.2) is 0 Å². The van der Waals surface area contributed by atoms with Gasteiger partial charge in [0.15, 0.2) is 15.3 Å². The van der Waals surface area contributed by atoms with E-state index in [0.29, 0.717) is 0 Å². The van der Waals surface area contributed by atoms with Crippen molar-refractivity contribution in [3.8, 4) is 0 Å². The zero-order valence-electron chi connectivity index (χ0n) is 8.65. The molecule has 13 heavy (non-hydrogen) atoms. The SMILES string of the molecule is C[C@@H]1O[C@H](C[N+](C)(C)C)CS1(=O)=O. The van der Waals surface area contributed by atoms with E-state index in [4.69, 9.17) is 4.74 Å². The van der Waals surface area contributed by atoms with Gasteiger partial charge in [-0.1, -0.05) is 0 Å². The van der Waals surface area contributed by atoms with Crippen LogP contribution in [-0.4, -0.2) is 57.9 Å². The van der Waals surface area contributed by atoms with E-state index in [1.165, 1.54) is 0 Å². The third-order valence-corrected chi connectivity index (χ3v) is 4.02. The summed E-state index contributed by atoms with van der Waals surface area (Å²) >= 11 is 0. The predicted octanol–water partition coefficient (Wildman–Crippen LogP) is -0.148. The van der Waals surface area contributed by atoms with Crippen molar-refractivity contribution < 1.29 is 17.6 Å². The Morgan fingerprint density at radius 3 is 2.23 bits per heavy atom. The molecule has 2 atom stereocenters. The monoisotopic (exact) mass is 208 g/mol. The molecule has 0 aromatic rings. The Morgan fingerprint density at radius 1 is 1.38 bits per heavy atom. The van der Waals surface area contributed by atoms with E-state index in [0.717, 1.165) is 11.0 Å². The van der Waals surface area contributed by atoms with Gasteiger partial charge in [0, 0.05) is 0 Å². The van der Waals surface area contributed by atoms with Gasteiger partial charge in [0.2, 0.25) is 0 Å². The topological polar surface area (TPSA) is 43.4 Å². The van der Waals surface area contributed by atoms with Gasteiger partial charge in [0.05, 0.1) is 26.9 Å². The largest absolute Gasteiger partial charge is 0.352 e. The summed E-state index contributed by atoms with van der Waals surface area (Å²) in [6.07, 6.45) is -0.139. The second kappa shape index (κ2) is 3.22. The summed E-state index contributed by atoms with van der Waals surface area (Å²) in [7, 11) is 3.10. The van der Waals surface area contributed by atoms with E-state index >= 15 is 0 Å². The van der Waals surface area contributed by atoms with Crippen LogP contribution in [0.5, 0.6) is 0 Å². The van der Waals surface area contributed by atoms with Crippen molar-refractivity contribution in [2.24, 2.45) is 0 Å². The zero-order chi connectivity index (χ0) is 10.3. The van der Waals surface area contributed by atoms with Gasteiger partial charge in [-0.25, -0.2) is 8.42 Å². The highest BCUT2D eigenvalue weighted by Crippen LogP contribution is 2.19. The van der Waals surface area contributed by atoms with Crippen LogP contribution in [-0.2, 0) is 14.6 Å². The molecule has 0 radical (unpaired) electrons. The van der Waals surface area contributed by atoms with Gasteiger partial charge in [-0.05, 0) is 6.92 Å². The average Bonchev–Trinajstić information content (AvgIpc) is 2.01. The Bertz CT molecular complexity index is 278. The van der Waals surface area contributed by atoms with Crippen molar-refractivity contribution in [1.82, 2.24) is 0 Å². The highest BCUT2D eigenvalue weighted by Gasteiger charge is 2.38. The van der Waals surface area contributed by atoms with Crippen LogP contribution in [0, 0.1) is 0 Å². The Morgan fingerprint density at radius 2 is 1.92 bits per heavy atom. The molecule has 1 heterocycles. The summed E-state index contributed by atoms with van der Waals surface area (Å²) in [5, 5.41) is 0. The Hall–Kier alpha value is -0.130. The molecule has 0 amide bonds. The van der Waals surface area contributed by atoms with Crippen molar-refractivity contribution in [1.29, 1.82) is 0 Å². The maximum atomic E-state index is 11.3. The smallest absolute Gasteiger partial charge is 0.179 e. The van der Waals surface area contributed by atoms with Crippen LogP contribution in [0.2, 0.25) is 0 Å². The minimum Gasteiger partial charge on any atom is -0.352 e. The lowest BCUT2D eigenvalue weighted by molar-refractivity contribution is -0.873. The van der Waals surface area contributed by atoms with E-state index < -0.39 is 15.3 Å². The first kappa shape index (κ1) is 10.9. The number of hydrogen-bond acceptors (Lipinski definition) is 3. The summed E-state index contributed by atoms with van der Waals surface area (Å²) in [6, 6.07) is 0. The van der Waals surface area contributed by atoms with Gasteiger partial charge in [-0.2, -0.15) is 0 Å².